The average Bonchev–Trinajstić information content (AvgIpc) is 3.48. The van der Waals surface area contributed by atoms with Crippen LogP contribution >= 0.6 is 0 Å². The first-order chi connectivity index (χ1) is 37.7. The van der Waals surface area contributed by atoms with E-state index in [1.54, 1.807) is 24.3 Å². The number of nitrogens with one attached hydrogen (secondary N) is 2. The zero-order valence-corrected chi connectivity index (χ0v) is 50.6. The molecule has 0 bridgehead atoms. The van der Waals surface area contributed by atoms with Crippen molar-refractivity contribution in [1.29, 1.82) is 0 Å². The minimum absolute atomic E-state index is 0. The maximum Gasteiger partial charge on any atom is 2.00 e. The van der Waals surface area contributed by atoms with Gasteiger partial charge in [-0.15, -0.1) is 0 Å². The van der Waals surface area contributed by atoms with Gasteiger partial charge in [-0.2, -0.15) is 0 Å². The Bertz CT molecular complexity index is 3200. The van der Waals surface area contributed by atoms with Crippen molar-refractivity contribution < 1.29 is 65.1 Å². The van der Waals surface area contributed by atoms with Crippen molar-refractivity contribution in [3.63, 3.8) is 0 Å². The molecule has 0 atom stereocenters. The van der Waals surface area contributed by atoms with Gasteiger partial charge in [0.25, 0.3) is 0 Å². The van der Waals surface area contributed by atoms with E-state index in [2.05, 4.69) is 22.8 Å². The Kier molecular flexibility index (Phi) is 22.0. The molecular weight excluding hydrogens is 1110 g/mol. The second-order valence-corrected chi connectivity index (χ2v) is 26.2. The van der Waals surface area contributed by atoms with Crippen molar-refractivity contribution in [2.45, 2.75) is 117 Å². The van der Waals surface area contributed by atoms with Crippen molar-refractivity contribution in [2.24, 2.45) is 0 Å². The monoisotopic (exact) mass is 1180 g/mol. The molecule has 2 aliphatic rings. The third-order valence-corrected chi connectivity index (χ3v) is 18.3. The fraction of sp³-hybridized carbons (Fsp3) is 0.387. The van der Waals surface area contributed by atoms with Gasteiger partial charge in [0.15, 0.2) is 19.7 Å². The predicted octanol–water partition coefficient (Wildman–Crippen LogP) is 7.68. The van der Waals surface area contributed by atoms with Crippen LogP contribution in [-0.4, -0.2) is 124 Å². The average molecular weight is 1180 g/mol. The normalized spacial score (nSPS) is 15.7. The van der Waals surface area contributed by atoms with Crippen LogP contribution in [0, 0.1) is 53.2 Å². The van der Waals surface area contributed by atoms with Gasteiger partial charge < -0.3 is 50.1 Å². The van der Waals surface area contributed by atoms with E-state index in [0.29, 0.717) is 47.1 Å². The number of aliphatic carboxylic acids is 2. The molecule has 0 spiro atoms. The van der Waals surface area contributed by atoms with Gasteiger partial charge in [0, 0.05) is 36.4 Å². The summed E-state index contributed by atoms with van der Waals surface area (Å²) < 4.78 is 87.5. The number of rotatable bonds is 20. The van der Waals surface area contributed by atoms with E-state index in [4.69, 9.17) is 9.47 Å². The maximum atomic E-state index is 14.4. The summed E-state index contributed by atoms with van der Waals surface area (Å²) >= 11 is 0. The molecule has 4 N–H and O–H groups in total. The van der Waals surface area contributed by atoms with Gasteiger partial charge in [0.1, 0.15) is 47.5 Å². The first-order valence-electron chi connectivity index (χ1n) is 26.7. The van der Waals surface area contributed by atoms with E-state index in [1.807, 2.05) is 90.1 Å². The number of sulfone groups is 2. The molecule has 2 aliphatic heterocycles. The molecule has 0 unspecified atom stereocenters. The molecular formula is C62H70CaF2N2O12S2. The summed E-state index contributed by atoms with van der Waals surface area (Å²) in [4.78, 5) is 21.3. The summed E-state index contributed by atoms with van der Waals surface area (Å²) in [6.07, 6.45) is 0.407. The summed E-state index contributed by atoms with van der Waals surface area (Å²) in [5.41, 5.74) is 12.1. The number of halogens is 2. The van der Waals surface area contributed by atoms with Gasteiger partial charge in [-0.05, 0) is 231 Å². The van der Waals surface area contributed by atoms with Gasteiger partial charge in [-0.1, -0.05) is 36.4 Å². The number of aliphatic hydroxyl groups is 2. The molecule has 0 amide bonds. The number of carboxylic acid groups (broad SMARTS) is 2. The van der Waals surface area contributed by atoms with E-state index < -0.39 is 54.4 Å². The Morgan fingerprint density at radius 3 is 1.16 bits per heavy atom. The van der Waals surface area contributed by atoms with Gasteiger partial charge in [-0.3, -0.25) is 0 Å². The summed E-state index contributed by atoms with van der Waals surface area (Å²) in [6, 6.07) is 29.5. The number of anilines is 2. The Morgan fingerprint density at radius 1 is 0.519 bits per heavy atom. The standard InChI is InChI=1S/2C31H36FNO6S.Ca/c2*1-20-4-5-23(18-33-25-8-6-24(28(32)17-25)7-9-29(34)35)16-27(20)30-21(2)14-26(15-22(30)3)39-19-31(36)10-12-40(37,38)13-11-31;/h2*4-6,8,14-17,33,36H,7,9-13,18-19H2,1-3H3,(H,34,35);/q;;+2/p-2. The van der Waals surface area contributed by atoms with Crippen LogP contribution in [0.1, 0.15) is 94.2 Å². The number of carboxylic acids is 2. The van der Waals surface area contributed by atoms with Crippen LogP contribution in [0.4, 0.5) is 20.2 Å². The number of benzene rings is 6. The zero-order valence-electron chi connectivity index (χ0n) is 46.8. The fourth-order valence-electron chi connectivity index (χ4n) is 10.1. The van der Waals surface area contributed by atoms with Crippen molar-refractivity contribution in [1.82, 2.24) is 0 Å². The number of ether oxygens (including phenoxy) is 2. The van der Waals surface area contributed by atoms with Gasteiger partial charge in [-0.25, -0.2) is 25.6 Å². The van der Waals surface area contributed by atoms with E-state index in [-0.39, 0.29) is 125 Å². The molecule has 8 rings (SSSR count). The molecule has 81 heavy (non-hydrogen) atoms. The first kappa shape index (κ1) is 64.6. The van der Waals surface area contributed by atoms with Crippen molar-refractivity contribution in [2.75, 3.05) is 46.9 Å². The van der Waals surface area contributed by atoms with Crippen LogP contribution in [0.5, 0.6) is 11.5 Å². The van der Waals surface area contributed by atoms with Crippen LogP contribution in [0.25, 0.3) is 22.3 Å². The zero-order chi connectivity index (χ0) is 58.2. The van der Waals surface area contributed by atoms with Crippen molar-refractivity contribution in [3.05, 3.63) is 164 Å². The number of hydrogen-bond donors (Lipinski definition) is 4. The molecule has 0 radical (unpaired) electrons. The third-order valence-electron chi connectivity index (χ3n) is 15.0. The van der Waals surface area contributed by atoms with E-state index in [1.165, 1.54) is 12.1 Å². The summed E-state index contributed by atoms with van der Waals surface area (Å²) in [7, 11) is -6.16. The Balaban J connectivity index is 0.000000258. The van der Waals surface area contributed by atoms with Gasteiger partial charge in [0.2, 0.25) is 0 Å². The predicted molar refractivity (Wildman–Crippen MR) is 309 cm³/mol. The van der Waals surface area contributed by atoms with Crippen LogP contribution < -0.4 is 30.3 Å². The van der Waals surface area contributed by atoms with Crippen LogP contribution in [0.3, 0.4) is 0 Å². The fourth-order valence-corrected chi connectivity index (χ4v) is 13.3. The van der Waals surface area contributed by atoms with E-state index in [0.717, 1.165) is 66.8 Å². The number of carbonyl (C=O) groups is 2. The van der Waals surface area contributed by atoms with Crippen molar-refractivity contribution in [3.8, 4) is 33.8 Å². The quantitative estimate of drug-likeness (QED) is 0.0538. The first-order valence-corrected chi connectivity index (χ1v) is 30.3. The number of aryl methyl sites for hydroxylation is 8. The molecule has 0 aliphatic carbocycles. The minimum Gasteiger partial charge on any atom is -0.550 e. The second kappa shape index (κ2) is 27.7. The second-order valence-electron chi connectivity index (χ2n) is 21.6. The van der Waals surface area contributed by atoms with Crippen molar-refractivity contribution >= 4 is 80.7 Å². The Hall–Kier alpha value is -5.60. The van der Waals surface area contributed by atoms with Gasteiger partial charge in [0.05, 0.1) is 23.0 Å². The summed E-state index contributed by atoms with van der Waals surface area (Å²) in [6.45, 7) is 13.1. The SMILES string of the molecule is Cc1ccc(CNc2ccc(CCC(=O)[O-])c(F)c2)cc1-c1c(C)cc(OCC2(O)CCS(=O)(=O)CC2)cc1C.Cc1ccc(CNc2ccc(CCC(=O)[O-])c(F)c2)cc1-c1c(C)cc(OCC2(O)CCS(=O)(=O)CC2)cc1C.[Ca+2]. The van der Waals surface area contributed by atoms with E-state index in [9.17, 15) is 55.6 Å². The Labute approximate surface area is 504 Å². The molecule has 2 fully saturated rings. The van der Waals surface area contributed by atoms with Crippen LogP contribution in [0.2, 0.25) is 0 Å². The van der Waals surface area contributed by atoms with Crippen LogP contribution in [-0.2, 0) is 55.2 Å². The molecule has 2 heterocycles. The smallest absolute Gasteiger partial charge is 0.550 e. The molecule has 428 valence electrons. The third kappa shape index (κ3) is 18.2. The molecule has 6 aromatic carbocycles. The van der Waals surface area contributed by atoms with E-state index >= 15 is 0 Å². The number of carbonyl (C=O) groups excluding carboxylic acids is 2. The molecule has 2 saturated heterocycles. The summed E-state index contributed by atoms with van der Waals surface area (Å²) in [5, 5.41) is 49.3. The van der Waals surface area contributed by atoms with Gasteiger partial charge >= 0.3 is 37.7 Å². The Morgan fingerprint density at radius 2 is 0.852 bits per heavy atom. The van der Waals surface area contributed by atoms with Crippen LogP contribution in [0.15, 0.2) is 97.1 Å². The molecule has 6 aromatic rings. The molecule has 14 nitrogen and oxygen atoms in total. The maximum absolute atomic E-state index is 14.4. The minimum atomic E-state index is -3.08. The molecule has 0 saturated carbocycles. The topological polar surface area (TPSA) is 232 Å². The largest absolute Gasteiger partial charge is 2.00 e. The molecule has 19 heteroatoms. The number of hydrogen-bond acceptors (Lipinski definition) is 14. The molecule has 0 aromatic heterocycles. The summed E-state index contributed by atoms with van der Waals surface area (Å²) in [5.74, 6) is -2.18.